The van der Waals surface area contributed by atoms with Gasteiger partial charge in [-0.25, -0.2) is 4.79 Å². The number of amides is 1. The molecule has 1 amide bonds. The molecule has 0 spiro atoms. The minimum Gasteiger partial charge on any atom is -0.478 e. The fourth-order valence-corrected chi connectivity index (χ4v) is 2.91. The molecule has 29 heavy (non-hydrogen) atoms. The van der Waals surface area contributed by atoms with Crippen LogP contribution in [0.5, 0.6) is 0 Å². The second-order valence-electron chi connectivity index (χ2n) is 6.34. The first-order valence-corrected chi connectivity index (χ1v) is 8.56. The summed E-state index contributed by atoms with van der Waals surface area (Å²) in [4.78, 5) is 25.3. The van der Waals surface area contributed by atoms with Crippen molar-refractivity contribution in [1.29, 1.82) is 0 Å². The van der Waals surface area contributed by atoms with Gasteiger partial charge in [0.05, 0.1) is 16.7 Å². The first-order chi connectivity index (χ1) is 13.7. The second-order valence-corrected chi connectivity index (χ2v) is 6.34. The lowest BCUT2D eigenvalue weighted by atomic mass is 10.0. The van der Waals surface area contributed by atoms with E-state index in [9.17, 15) is 27.9 Å². The quantitative estimate of drug-likeness (QED) is 0.644. The van der Waals surface area contributed by atoms with E-state index >= 15 is 0 Å². The van der Waals surface area contributed by atoms with Gasteiger partial charge in [-0.3, -0.25) is 4.79 Å². The first kappa shape index (κ1) is 20.1. The summed E-state index contributed by atoms with van der Waals surface area (Å²) in [5.74, 6) is -1.71. The van der Waals surface area contributed by atoms with E-state index in [2.05, 4.69) is 0 Å². The second kappa shape index (κ2) is 7.79. The molecule has 0 aliphatic heterocycles. The van der Waals surface area contributed by atoms with Gasteiger partial charge in [-0.1, -0.05) is 36.4 Å². The van der Waals surface area contributed by atoms with Crippen LogP contribution in [0.25, 0.3) is 11.1 Å². The van der Waals surface area contributed by atoms with Crippen molar-refractivity contribution in [3.63, 3.8) is 0 Å². The molecule has 0 fully saturated rings. The Balaban J connectivity index is 1.87. The minimum absolute atomic E-state index is 0.0458. The monoisotopic (exact) mass is 399 g/mol. The van der Waals surface area contributed by atoms with Gasteiger partial charge in [0, 0.05) is 12.7 Å². The van der Waals surface area contributed by atoms with Crippen LogP contribution in [0.15, 0.2) is 72.8 Å². The molecule has 3 rings (SSSR count). The van der Waals surface area contributed by atoms with Crippen LogP contribution in [0, 0.1) is 0 Å². The van der Waals surface area contributed by atoms with E-state index in [0.717, 1.165) is 12.1 Å². The Labute approximate surface area is 164 Å². The molecule has 0 saturated carbocycles. The number of benzene rings is 3. The summed E-state index contributed by atoms with van der Waals surface area (Å²) in [5, 5.41) is 9.26. The molecule has 7 heteroatoms. The van der Waals surface area contributed by atoms with Crippen molar-refractivity contribution in [2.24, 2.45) is 0 Å². The van der Waals surface area contributed by atoms with E-state index < -0.39 is 23.6 Å². The maximum Gasteiger partial charge on any atom is 0.416 e. The van der Waals surface area contributed by atoms with E-state index in [0.29, 0.717) is 16.8 Å². The van der Waals surface area contributed by atoms with Crippen molar-refractivity contribution >= 4 is 17.6 Å². The lowest BCUT2D eigenvalue weighted by Crippen LogP contribution is -2.27. The molecular weight excluding hydrogens is 383 g/mol. The maximum atomic E-state index is 12.9. The van der Waals surface area contributed by atoms with Crippen LogP contribution in [0.3, 0.4) is 0 Å². The largest absolute Gasteiger partial charge is 0.478 e. The van der Waals surface area contributed by atoms with Crippen LogP contribution in [-0.4, -0.2) is 24.0 Å². The Morgan fingerprint density at radius 2 is 1.45 bits per heavy atom. The number of carboxylic acids is 1. The fourth-order valence-electron chi connectivity index (χ4n) is 2.91. The third-order valence-corrected chi connectivity index (χ3v) is 4.47. The van der Waals surface area contributed by atoms with E-state index in [4.69, 9.17) is 0 Å². The molecule has 0 radical (unpaired) electrons. The number of hydrogen-bond donors (Lipinski definition) is 1. The Kier molecular flexibility index (Phi) is 5.41. The van der Waals surface area contributed by atoms with Crippen LogP contribution in [0.2, 0.25) is 0 Å². The van der Waals surface area contributed by atoms with Gasteiger partial charge in [0.1, 0.15) is 0 Å². The van der Waals surface area contributed by atoms with Crippen LogP contribution in [-0.2, 0) is 6.18 Å². The number of carbonyl (C=O) groups is 2. The molecule has 4 nitrogen and oxygen atoms in total. The lowest BCUT2D eigenvalue weighted by molar-refractivity contribution is -0.137. The lowest BCUT2D eigenvalue weighted by Gasteiger charge is -2.19. The van der Waals surface area contributed by atoms with Crippen molar-refractivity contribution in [1.82, 2.24) is 0 Å². The number of anilines is 1. The van der Waals surface area contributed by atoms with Gasteiger partial charge in [-0.05, 0) is 47.5 Å². The minimum atomic E-state index is -4.43. The first-order valence-electron chi connectivity index (χ1n) is 8.56. The molecular formula is C22H16F3NO3. The molecule has 0 unspecified atom stereocenters. The SMILES string of the molecule is CN(C(=O)c1ccccc1C(=O)O)c1ccc(-c2cccc(C(F)(F)F)c2)cc1. The number of aromatic carboxylic acids is 1. The summed E-state index contributed by atoms with van der Waals surface area (Å²) >= 11 is 0. The highest BCUT2D eigenvalue weighted by molar-refractivity contribution is 6.11. The third kappa shape index (κ3) is 4.29. The van der Waals surface area contributed by atoms with Gasteiger partial charge in [0.2, 0.25) is 0 Å². The number of carboxylic acid groups (broad SMARTS) is 1. The number of hydrogen-bond acceptors (Lipinski definition) is 2. The normalized spacial score (nSPS) is 11.2. The van der Waals surface area contributed by atoms with E-state index in [1.807, 2.05) is 0 Å². The summed E-state index contributed by atoms with van der Waals surface area (Å²) < 4.78 is 38.7. The summed E-state index contributed by atoms with van der Waals surface area (Å²) in [6.45, 7) is 0. The van der Waals surface area contributed by atoms with E-state index in [1.165, 1.54) is 36.2 Å². The Morgan fingerprint density at radius 3 is 2.03 bits per heavy atom. The summed E-state index contributed by atoms with van der Waals surface area (Å²) in [5.41, 5.74) is 0.639. The number of rotatable bonds is 4. The van der Waals surface area contributed by atoms with Crippen molar-refractivity contribution in [3.8, 4) is 11.1 Å². The molecule has 0 aromatic heterocycles. The van der Waals surface area contributed by atoms with E-state index in [1.54, 1.807) is 36.4 Å². The summed E-state index contributed by atoms with van der Waals surface area (Å²) in [7, 11) is 1.50. The average Bonchev–Trinajstić information content (AvgIpc) is 2.72. The zero-order valence-electron chi connectivity index (χ0n) is 15.3. The molecule has 148 valence electrons. The third-order valence-electron chi connectivity index (χ3n) is 4.47. The van der Waals surface area contributed by atoms with Crippen molar-refractivity contribution < 1.29 is 27.9 Å². The number of halogens is 3. The highest BCUT2D eigenvalue weighted by Gasteiger charge is 2.30. The van der Waals surface area contributed by atoms with Gasteiger partial charge in [-0.15, -0.1) is 0 Å². The Bertz CT molecular complexity index is 1060. The topological polar surface area (TPSA) is 57.6 Å². The molecule has 0 heterocycles. The molecule has 1 N–H and O–H groups in total. The standard InChI is InChI=1S/C22H16F3NO3/c1-26(20(27)18-7-2-3-8-19(18)21(28)29)17-11-9-14(10-12-17)15-5-4-6-16(13-15)22(23,24)25/h2-13H,1H3,(H,28,29). The zero-order valence-corrected chi connectivity index (χ0v) is 15.3. The predicted molar refractivity (Wildman–Crippen MR) is 103 cm³/mol. The maximum absolute atomic E-state index is 12.9. The molecule has 3 aromatic carbocycles. The van der Waals surface area contributed by atoms with Gasteiger partial charge in [0.15, 0.2) is 0 Å². The molecule has 0 saturated heterocycles. The molecule has 0 aliphatic carbocycles. The Hall–Kier alpha value is -3.61. The van der Waals surface area contributed by atoms with Crippen LogP contribution in [0.1, 0.15) is 26.3 Å². The predicted octanol–water partition coefficient (Wildman–Crippen LogP) is 5.35. The van der Waals surface area contributed by atoms with Gasteiger partial charge < -0.3 is 10.0 Å². The zero-order chi connectivity index (χ0) is 21.2. The molecule has 3 aromatic rings. The van der Waals surface area contributed by atoms with Crippen molar-refractivity contribution in [2.45, 2.75) is 6.18 Å². The summed E-state index contributed by atoms with van der Waals surface area (Å²) in [6.07, 6.45) is -4.43. The number of carbonyl (C=O) groups excluding carboxylic acids is 1. The van der Waals surface area contributed by atoms with Gasteiger partial charge in [-0.2, -0.15) is 13.2 Å². The van der Waals surface area contributed by atoms with Crippen molar-refractivity contribution in [3.05, 3.63) is 89.5 Å². The highest BCUT2D eigenvalue weighted by atomic mass is 19.4. The van der Waals surface area contributed by atoms with Crippen LogP contribution < -0.4 is 4.90 Å². The highest BCUT2D eigenvalue weighted by Crippen LogP contribution is 2.32. The molecule has 0 aliphatic rings. The van der Waals surface area contributed by atoms with E-state index in [-0.39, 0.29) is 11.1 Å². The Morgan fingerprint density at radius 1 is 0.828 bits per heavy atom. The van der Waals surface area contributed by atoms with Crippen LogP contribution in [0.4, 0.5) is 18.9 Å². The average molecular weight is 399 g/mol. The van der Waals surface area contributed by atoms with Gasteiger partial charge >= 0.3 is 12.1 Å². The molecule has 0 bridgehead atoms. The number of alkyl halides is 3. The summed E-state index contributed by atoms with van der Waals surface area (Å²) in [6, 6.07) is 17.3. The van der Waals surface area contributed by atoms with Crippen molar-refractivity contribution in [2.75, 3.05) is 11.9 Å². The van der Waals surface area contributed by atoms with Gasteiger partial charge in [0.25, 0.3) is 5.91 Å². The molecule has 0 atom stereocenters. The fraction of sp³-hybridized carbons (Fsp3) is 0.0909. The van der Waals surface area contributed by atoms with Crippen LogP contribution >= 0.6 is 0 Å². The number of nitrogens with zero attached hydrogens (tertiary/aromatic N) is 1. The smallest absolute Gasteiger partial charge is 0.416 e.